The first-order valence-electron chi connectivity index (χ1n) is 7.12. The van der Waals surface area contributed by atoms with Crippen LogP contribution in [0.3, 0.4) is 0 Å². The number of carbonyl (C=O) groups excluding carboxylic acids is 1. The zero-order valence-corrected chi connectivity index (χ0v) is 16.8. The van der Waals surface area contributed by atoms with Crippen molar-refractivity contribution in [3.63, 3.8) is 0 Å². The molecule has 0 saturated heterocycles. The molecule has 0 aliphatic carbocycles. The Morgan fingerprint density at radius 3 is 2.58 bits per heavy atom. The third-order valence-electron chi connectivity index (χ3n) is 3.10. The number of nitrogens with zero attached hydrogens (tertiary/aromatic N) is 2. The first-order chi connectivity index (χ1) is 12.4. The second-order valence-electron chi connectivity index (χ2n) is 4.89. The van der Waals surface area contributed by atoms with Gasteiger partial charge < -0.3 is 10.1 Å². The van der Waals surface area contributed by atoms with Gasteiger partial charge in [-0.15, -0.1) is 0 Å². The molecule has 2 aromatic carbocycles. The molecule has 0 saturated carbocycles. The van der Waals surface area contributed by atoms with E-state index in [0.717, 1.165) is 3.57 Å². The Bertz CT molecular complexity index is 962. The van der Waals surface area contributed by atoms with Crippen molar-refractivity contribution < 1.29 is 9.53 Å². The third-order valence-corrected chi connectivity index (χ3v) is 4.68. The maximum absolute atomic E-state index is 12.3. The minimum Gasteiger partial charge on any atom is -0.478 e. The zero-order valence-electron chi connectivity index (χ0n) is 13.1. The second-order valence-corrected chi connectivity index (χ2v) is 6.87. The summed E-state index contributed by atoms with van der Waals surface area (Å²) in [6.45, 7) is -0.0549. The highest BCUT2D eigenvalue weighted by molar-refractivity contribution is 14.1. The average Bonchev–Trinajstić information content (AvgIpc) is 2.62. The lowest BCUT2D eigenvalue weighted by molar-refractivity contribution is -0.112. The molecule has 0 spiro atoms. The monoisotopic (exact) mass is 497 g/mol. The lowest BCUT2D eigenvalue weighted by atomic mass is 10.1. The van der Waals surface area contributed by atoms with Crippen LogP contribution in [0.1, 0.15) is 5.56 Å². The number of amides is 1. The highest BCUT2D eigenvalue weighted by atomic mass is 127. The van der Waals surface area contributed by atoms with Gasteiger partial charge >= 0.3 is 0 Å². The Morgan fingerprint density at radius 1 is 1.19 bits per heavy atom. The molecule has 0 aliphatic rings. The summed E-state index contributed by atoms with van der Waals surface area (Å²) in [6.07, 6.45) is 1.46. The lowest BCUT2D eigenvalue weighted by Gasteiger charge is -2.07. The van der Waals surface area contributed by atoms with Gasteiger partial charge in [0, 0.05) is 5.69 Å². The zero-order chi connectivity index (χ0) is 19.1. The van der Waals surface area contributed by atoms with Crippen molar-refractivity contribution >= 4 is 63.5 Å². The highest BCUT2D eigenvalue weighted by Gasteiger charge is 2.11. The van der Waals surface area contributed by atoms with E-state index >= 15 is 0 Å². The lowest BCUT2D eigenvalue weighted by Crippen LogP contribution is -2.13. The molecule has 2 rings (SSSR count). The fourth-order valence-corrected chi connectivity index (χ4v) is 2.91. The van der Waals surface area contributed by atoms with E-state index in [9.17, 15) is 10.1 Å². The molecule has 2 aromatic rings. The van der Waals surface area contributed by atoms with Crippen LogP contribution >= 0.6 is 45.8 Å². The van der Waals surface area contributed by atoms with E-state index < -0.39 is 5.91 Å². The molecule has 26 heavy (non-hydrogen) atoms. The highest BCUT2D eigenvalue weighted by Crippen LogP contribution is 2.26. The summed E-state index contributed by atoms with van der Waals surface area (Å²) in [4.78, 5) is 12.3. The smallest absolute Gasteiger partial charge is 0.266 e. The van der Waals surface area contributed by atoms with Crippen LogP contribution in [0.2, 0.25) is 10.0 Å². The topological polar surface area (TPSA) is 85.9 Å². The average molecular weight is 498 g/mol. The summed E-state index contributed by atoms with van der Waals surface area (Å²) >= 11 is 13.8. The summed E-state index contributed by atoms with van der Waals surface area (Å²) in [5.41, 5.74) is 1.01. The largest absolute Gasteiger partial charge is 0.478 e. The number of hydrogen-bond acceptors (Lipinski definition) is 4. The molecule has 5 nitrogen and oxygen atoms in total. The number of ether oxygens (including phenoxy) is 1. The summed E-state index contributed by atoms with van der Waals surface area (Å²) in [5, 5.41) is 21.1. The summed E-state index contributed by atoms with van der Waals surface area (Å²) in [7, 11) is 0. The van der Waals surface area contributed by atoms with E-state index in [2.05, 4.69) is 27.9 Å². The molecule has 0 aliphatic heterocycles. The van der Waals surface area contributed by atoms with Crippen LogP contribution in [-0.2, 0) is 4.79 Å². The third kappa shape index (κ3) is 5.37. The maximum atomic E-state index is 12.3. The van der Waals surface area contributed by atoms with Crippen LogP contribution in [-0.4, -0.2) is 12.5 Å². The Morgan fingerprint density at radius 2 is 1.96 bits per heavy atom. The Balaban J connectivity index is 2.20. The second kappa shape index (κ2) is 9.44. The van der Waals surface area contributed by atoms with Gasteiger partial charge in [0.2, 0.25) is 0 Å². The molecule has 0 unspecified atom stereocenters. The molecule has 0 aromatic heterocycles. The van der Waals surface area contributed by atoms with Crippen molar-refractivity contribution in [2.24, 2.45) is 0 Å². The Hall–Kier alpha value is -2.26. The molecule has 1 amide bonds. The number of nitrogens with one attached hydrogen (secondary N) is 1. The standard InChI is InChI=1S/C18H10Cl2IN3O2/c19-14-3-2-13(9-15(14)20)24-18(25)12(10-23)7-11-1-4-17(16(21)8-11)26-6-5-22/h1-4,7-9H,6H2,(H,24,25)/b12-7+. The van der Waals surface area contributed by atoms with Gasteiger partial charge in [-0.05, 0) is 64.6 Å². The fraction of sp³-hybridized carbons (Fsp3) is 0.0556. The van der Waals surface area contributed by atoms with Gasteiger partial charge in [-0.2, -0.15) is 10.5 Å². The van der Waals surface area contributed by atoms with Gasteiger partial charge in [0.15, 0.2) is 6.61 Å². The van der Waals surface area contributed by atoms with Crippen LogP contribution in [0, 0.1) is 26.2 Å². The number of carbonyl (C=O) groups is 1. The van der Waals surface area contributed by atoms with Crippen LogP contribution in [0.5, 0.6) is 5.75 Å². The number of benzene rings is 2. The van der Waals surface area contributed by atoms with Gasteiger partial charge in [0.25, 0.3) is 5.91 Å². The van der Waals surface area contributed by atoms with E-state index in [0.29, 0.717) is 27.0 Å². The summed E-state index contributed by atoms with van der Waals surface area (Å²) in [5.74, 6) is -0.00577. The van der Waals surface area contributed by atoms with E-state index in [1.807, 2.05) is 12.1 Å². The molecule has 0 atom stereocenters. The number of rotatable bonds is 5. The van der Waals surface area contributed by atoms with Crippen LogP contribution in [0.15, 0.2) is 42.0 Å². The quantitative estimate of drug-likeness (QED) is 0.356. The molecule has 1 N–H and O–H groups in total. The molecule has 8 heteroatoms. The number of nitriles is 2. The Labute approximate surface area is 173 Å². The molecule has 0 heterocycles. The molecule has 0 bridgehead atoms. The van der Waals surface area contributed by atoms with Crippen molar-refractivity contribution in [2.45, 2.75) is 0 Å². The van der Waals surface area contributed by atoms with Crippen LogP contribution in [0.4, 0.5) is 5.69 Å². The minimum absolute atomic E-state index is 0.0549. The molecule has 130 valence electrons. The van der Waals surface area contributed by atoms with Crippen LogP contribution in [0.25, 0.3) is 6.08 Å². The van der Waals surface area contributed by atoms with Crippen molar-refractivity contribution in [3.8, 4) is 17.9 Å². The summed E-state index contributed by atoms with van der Waals surface area (Å²) < 4.78 is 6.02. The SMILES string of the molecule is N#CCOc1ccc(/C=C(\C#N)C(=O)Nc2ccc(Cl)c(Cl)c2)cc1I. The first kappa shape index (κ1) is 20.1. The number of halogens is 3. The van der Waals surface area contributed by atoms with E-state index in [1.165, 1.54) is 12.1 Å². The number of hydrogen-bond donors (Lipinski definition) is 1. The first-order valence-corrected chi connectivity index (χ1v) is 8.95. The van der Waals surface area contributed by atoms with E-state index in [-0.39, 0.29) is 12.2 Å². The molecular formula is C18H10Cl2IN3O2. The van der Waals surface area contributed by atoms with Crippen molar-refractivity contribution in [3.05, 3.63) is 61.2 Å². The maximum Gasteiger partial charge on any atom is 0.266 e. The molecule has 0 fully saturated rings. The molecular weight excluding hydrogens is 488 g/mol. The van der Waals surface area contributed by atoms with Gasteiger partial charge in [0.05, 0.1) is 13.6 Å². The Kier molecular flexibility index (Phi) is 7.28. The fourth-order valence-electron chi connectivity index (χ4n) is 1.92. The predicted octanol–water partition coefficient (Wildman–Crippen LogP) is 5.05. The van der Waals surface area contributed by atoms with Crippen molar-refractivity contribution in [1.82, 2.24) is 0 Å². The van der Waals surface area contributed by atoms with Crippen LogP contribution < -0.4 is 10.1 Å². The van der Waals surface area contributed by atoms with Gasteiger partial charge in [-0.25, -0.2) is 0 Å². The number of anilines is 1. The van der Waals surface area contributed by atoms with Gasteiger partial charge in [-0.3, -0.25) is 4.79 Å². The van der Waals surface area contributed by atoms with E-state index in [1.54, 1.807) is 30.3 Å². The van der Waals surface area contributed by atoms with Gasteiger partial charge in [0.1, 0.15) is 23.5 Å². The predicted molar refractivity (Wildman–Crippen MR) is 109 cm³/mol. The van der Waals surface area contributed by atoms with Gasteiger partial charge in [-0.1, -0.05) is 29.3 Å². The van der Waals surface area contributed by atoms with Crippen molar-refractivity contribution in [1.29, 1.82) is 10.5 Å². The molecule has 0 radical (unpaired) electrons. The minimum atomic E-state index is -0.564. The van der Waals surface area contributed by atoms with Crippen molar-refractivity contribution in [2.75, 3.05) is 11.9 Å². The van der Waals surface area contributed by atoms with E-state index in [4.69, 9.17) is 33.2 Å². The normalized spacial score (nSPS) is 10.6. The summed E-state index contributed by atoms with van der Waals surface area (Å²) in [6, 6.07) is 13.5.